The van der Waals surface area contributed by atoms with Gasteiger partial charge in [0.05, 0.1) is 6.04 Å². The van der Waals surface area contributed by atoms with E-state index in [0.717, 1.165) is 30.2 Å². The molecule has 0 unspecified atom stereocenters. The number of hydrogen-bond acceptors (Lipinski definition) is 4. The smallest absolute Gasteiger partial charge is 0.317 e. The number of carbonyl (C=O) groups is 1. The van der Waals surface area contributed by atoms with Crippen molar-refractivity contribution in [3.05, 3.63) is 41.7 Å². The van der Waals surface area contributed by atoms with Gasteiger partial charge in [-0.15, -0.1) is 10.2 Å². The van der Waals surface area contributed by atoms with Crippen LogP contribution in [-0.4, -0.2) is 45.0 Å². The molecule has 128 valence electrons. The number of amides is 2. The number of thioether (sulfide) groups is 1. The standard InChI is InChI=1S/C17H23N5OS/c1-21-12-19-20-17(21)24-11-10-18-16(23)22(2)15-9-5-7-13-6-3-4-8-14(13)15/h3-4,6,8,12,15H,5,7,9-11H2,1-2H3,(H,18,23)/t15-/m0/s1. The van der Waals surface area contributed by atoms with Gasteiger partial charge in [-0.1, -0.05) is 36.0 Å². The molecule has 1 aliphatic carbocycles. The molecule has 2 aromatic rings. The second-order valence-corrected chi connectivity index (χ2v) is 7.08. The van der Waals surface area contributed by atoms with Crippen LogP contribution in [0.5, 0.6) is 0 Å². The van der Waals surface area contributed by atoms with Crippen molar-refractivity contribution in [2.24, 2.45) is 7.05 Å². The summed E-state index contributed by atoms with van der Waals surface area (Å²) in [5.41, 5.74) is 2.65. The first-order valence-corrected chi connectivity index (χ1v) is 9.20. The van der Waals surface area contributed by atoms with E-state index in [-0.39, 0.29) is 12.1 Å². The van der Waals surface area contributed by atoms with Gasteiger partial charge in [-0.05, 0) is 30.4 Å². The third kappa shape index (κ3) is 3.72. The quantitative estimate of drug-likeness (QED) is 0.668. The monoisotopic (exact) mass is 345 g/mol. The van der Waals surface area contributed by atoms with Crippen LogP contribution in [-0.2, 0) is 13.5 Å². The van der Waals surface area contributed by atoms with Gasteiger partial charge in [-0.25, -0.2) is 4.79 Å². The van der Waals surface area contributed by atoms with E-state index in [1.807, 2.05) is 23.6 Å². The minimum absolute atomic E-state index is 0.0183. The number of nitrogens with zero attached hydrogens (tertiary/aromatic N) is 4. The summed E-state index contributed by atoms with van der Waals surface area (Å²) in [5, 5.41) is 11.7. The molecule has 0 radical (unpaired) electrons. The van der Waals surface area contributed by atoms with Crippen LogP contribution in [0.4, 0.5) is 4.79 Å². The molecule has 0 bridgehead atoms. The lowest BCUT2D eigenvalue weighted by Crippen LogP contribution is -2.41. The summed E-state index contributed by atoms with van der Waals surface area (Å²) in [4.78, 5) is 14.3. The van der Waals surface area contributed by atoms with Crippen LogP contribution < -0.4 is 5.32 Å². The maximum atomic E-state index is 12.5. The maximum Gasteiger partial charge on any atom is 0.317 e. The number of urea groups is 1. The van der Waals surface area contributed by atoms with Crippen molar-refractivity contribution < 1.29 is 4.79 Å². The Morgan fingerprint density at radius 2 is 2.29 bits per heavy atom. The number of aromatic nitrogens is 3. The number of benzene rings is 1. The lowest BCUT2D eigenvalue weighted by atomic mass is 9.87. The summed E-state index contributed by atoms with van der Waals surface area (Å²) in [6.45, 7) is 0.606. The average molecular weight is 345 g/mol. The van der Waals surface area contributed by atoms with Crippen molar-refractivity contribution in [1.29, 1.82) is 0 Å². The van der Waals surface area contributed by atoms with Crippen LogP contribution in [0.3, 0.4) is 0 Å². The van der Waals surface area contributed by atoms with Crippen LogP contribution in [0.1, 0.15) is 30.0 Å². The van der Waals surface area contributed by atoms with Crippen molar-refractivity contribution >= 4 is 17.8 Å². The van der Waals surface area contributed by atoms with E-state index in [1.165, 1.54) is 11.1 Å². The zero-order valence-electron chi connectivity index (χ0n) is 14.1. The fourth-order valence-electron chi connectivity index (χ4n) is 3.10. The Balaban J connectivity index is 1.51. The minimum Gasteiger partial charge on any atom is -0.337 e. The maximum absolute atomic E-state index is 12.5. The second kappa shape index (κ2) is 7.70. The van der Waals surface area contributed by atoms with Crippen LogP contribution in [0, 0.1) is 0 Å². The summed E-state index contributed by atoms with van der Waals surface area (Å²) in [5.74, 6) is 0.771. The molecule has 0 fully saturated rings. The molecule has 6 nitrogen and oxygen atoms in total. The Hall–Kier alpha value is -2.02. The van der Waals surface area contributed by atoms with E-state index in [2.05, 4.69) is 39.8 Å². The molecule has 0 spiro atoms. The van der Waals surface area contributed by atoms with Gasteiger partial charge in [0.2, 0.25) is 0 Å². The molecule has 24 heavy (non-hydrogen) atoms. The molecule has 2 amide bonds. The van der Waals surface area contributed by atoms with Gasteiger partial charge in [-0.3, -0.25) is 0 Å². The highest BCUT2D eigenvalue weighted by molar-refractivity contribution is 7.99. The van der Waals surface area contributed by atoms with Gasteiger partial charge in [-0.2, -0.15) is 0 Å². The zero-order chi connectivity index (χ0) is 16.9. The Labute approximate surface area is 146 Å². The van der Waals surface area contributed by atoms with Gasteiger partial charge in [0, 0.05) is 26.4 Å². The first-order valence-electron chi connectivity index (χ1n) is 8.22. The fourth-order valence-corrected chi connectivity index (χ4v) is 3.84. The number of fused-ring (bicyclic) bond motifs is 1. The molecule has 3 rings (SSSR count). The highest BCUT2D eigenvalue weighted by Crippen LogP contribution is 2.33. The second-order valence-electron chi connectivity index (χ2n) is 6.02. The highest BCUT2D eigenvalue weighted by atomic mass is 32.2. The highest BCUT2D eigenvalue weighted by Gasteiger charge is 2.26. The van der Waals surface area contributed by atoms with Crippen LogP contribution in [0.2, 0.25) is 0 Å². The molecule has 1 atom stereocenters. The van der Waals surface area contributed by atoms with Gasteiger partial charge in [0.15, 0.2) is 5.16 Å². The van der Waals surface area contributed by atoms with E-state index >= 15 is 0 Å². The first-order chi connectivity index (χ1) is 11.7. The van der Waals surface area contributed by atoms with E-state index in [0.29, 0.717) is 6.54 Å². The van der Waals surface area contributed by atoms with Crippen LogP contribution in [0.25, 0.3) is 0 Å². The van der Waals surface area contributed by atoms with E-state index in [9.17, 15) is 4.79 Å². The van der Waals surface area contributed by atoms with Crippen LogP contribution in [0.15, 0.2) is 35.7 Å². The number of aryl methyl sites for hydroxylation is 2. The molecule has 0 saturated carbocycles. The van der Waals surface area contributed by atoms with Crippen molar-refractivity contribution in [3.63, 3.8) is 0 Å². The summed E-state index contributed by atoms with van der Waals surface area (Å²) in [6, 6.07) is 8.60. The lowest BCUT2D eigenvalue weighted by molar-refractivity contribution is 0.184. The van der Waals surface area contributed by atoms with Gasteiger partial charge < -0.3 is 14.8 Å². The Morgan fingerprint density at radius 3 is 3.08 bits per heavy atom. The molecule has 1 heterocycles. The summed E-state index contributed by atoms with van der Waals surface area (Å²) >= 11 is 1.59. The van der Waals surface area contributed by atoms with Crippen molar-refractivity contribution in [2.75, 3.05) is 19.3 Å². The van der Waals surface area contributed by atoms with Gasteiger partial charge in [0.25, 0.3) is 0 Å². The molecule has 1 aromatic carbocycles. The van der Waals surface area contributed by atoms with Crippen molar-refractivity contribution in [1.82, 2.24) is 25.0 Å². The SMILES string of the molecule is CN(C(=O)NCCSc1nncn1C)[C@H]1CCCc2ccccc21. The molecule has 1 aromatic heterocycles. The first kappa shape index (κ1) is 16.8. The third-order valence-electron chi connectivity index (χ3n) is 4.40. The largest absolute Gasteiger partial charge is 0.337 e. The topological polar surface area (TPSA) is 63.1 Å². The van der Waals surface area contributed by atoms with Crippen molar-refractivity contribution in [3.8, 4) is 0 Å². The lowest BCUT2D eigenvalue weighted by Gasteiger charge is -2.33. The Morgan fingerprint density at radius 1 is 1.46 bits per heavy atom. The number of nitrogens with one attached hydrogen (secondary N) is 1. The van der Waals surface area contributed by atoms with Gasteiger partial charge >= 0.3 is 6.03 Å². The number of carbonyl (C=O) groups excluding carboxylic acids is 1. The predicted molar refractivity (Wildman–Crippen MR) is 95.0 cm³/mol. The summed E-state index contributed by atoms with van der Waals surface area (Å²) in [7, 11) is 3.80. The molecule has 0 aliphatic heterocycles. The predicted octanol–water partition coefficient (Wildman–Crippen LogP) is 2.63. The third-order valence-corrected chi connectivity index (χ3v) is 5.44. The van der Waals surface area contributed by atoms with E-state index in [1.54, 1.807) is 18.1 Å². The summed E-state index contributed by atoms with van der Waals surface area (Å²) < 4.78 is 1.87. The van der Waals surface area contributed by atoms with E-state index < -0.39 is 0 Å². The number of hydrogen-bond donors (Lipinski definition) is 1. The molecule has 0 saturated heterocycles. The molecule has 1 aliphatic rings. The number of rotatable bonds is 5. The normalized spacial score (nSPS) is 16.5. The Kier molecular flexibility index (Phi) is 5.40. The van der Waals surface area contributed by atoms with Crippen LogP contribution >= 0.6 is 11.8 Å². The Bertz CT molecular complexity index is 702. The summed E-state index contributed by atoms with van der Waals surface area (Å²) in [6.07, 6.45) is 4.93. The molecule has 1 N–H and O–H groups in total. The molecule has 7 heteroatoms. The molecular weight excluding hydrogens is 322 g/mol. The zero-order valence-corrected chi connectivity index (χ0v) is 14.9. The minimum atomic E-state index is -0.0183. The average Bonchev–Trinajstić information content (AvgIpc) is 3.02. The van der Waals surface area contributed by atoms with Crippen molar-refractivity contribution in [2.45, 2.75) is 30.5 Å². The fraction of sp³-hybridized carbons (Fsp3) is 0.471. The van der Waals surface area contributed by atoms with Gasteiger partial charge in [0.1, 0.15) is 6.33 Å². The molecular formula is C17H23N5OS. The van der Waals surface area contributed by atoms with E-state index in [4.69, 9.17) is 0 Å².